The molecule has 2 N–H and O–H groups in total. The van der Waals surface area contributed by atoms with E-state index in [4.69, 9.17) is 4.74 Å². The second kappa shape index (κ2) is 4.74. The number of benzene rings is 2. The Kier molecular flexibility index (Phi) is 2.91. The maximum Gasteiger partial charge on any atom is 0.190 e. The lowest BCUT2D eigenvalue weighted by molar-refractivity contribution is 0.408. The Labute approximate surface area is 115 Å². The summed E-state index contributed by atoms with van der Waals surface area (Å²) in [5, 5.41) is 10.7. The molecule has 0 spiro atoms. The summed E-state index contributed by atoms with van der Waals surface area (Å²) in [6, 6.07) is 13.7. The van der Waals surface area contributed by atoms with Crippen molar-refractivity contribution >= 4 is 10.9 Å². The van der Waals surface area contributed by atoms with E-state index in [2.05, 4.69) is 4.98 Å². The van der Waals surface area contributed by atoms with Gasteiger partial charge >= 0.3 is 0 Å². The van der Waals surface area contributed by atoms with Crippen molar-refractivity contribution in [3.63, 3.8) is 0 Å². The van der Waals surface area contributed by atoms with Crippen LogP contribution in [0.5, 0.6) is 11.5 Å². The first-order valence-electron chi connectivity index (χ1n) is 6.18. The first kappa shape index (κ1) is 12.3. The van der Waals surface area contributed by atoms with Crippen LogP contribution in [0, 0.1) is 0 Å². The average Bonchev–Trinajstić information content (AvgIpc) is 2.47. The molecule has 0 radical (unpaired) electrons. The van der Waals surface area contributed by atoms with Crippen LogP contribution in [-0.4, -0.2) is 17.2 Å². The molecule has 0 saturated carbocycles. The molecule has 0 aliphatic carbocycles. The second-order valence-electron chi connectivity index (χ2n) is 4.48. The number of H-pyrrole nitrogens is 1. The quantitative estimate of drug-likeness (QED) is 0.750. The maximum atomic E-state index is 12.1. The van der Waals surface area contributed by atoms with Crippen molar-refractivity contribution in [2.24, 2.45) is 0 Å². The van der Waals surface area contributed by atoms with Crippen molar-refractivity contribution in [2.45, 2.75) is 0 Å². The molecule has 3 rings (SSSR count). The Morgan fingerprint density at radius 3 is 2.65 bits per heavy atom. The standard InChI is InChI=1S/C16H13NO3/c1-20-10-6-7-12(15(18)8-10)14-9-16(19)11-4-2-3-5-13(11)17-14/h2-9,18H,1H3,(H,17,19). The third-order valence-corrected chi connectivity index (χ3v) is 3.23. The van der Waals surface area contributed by atoms with Crippen LogP contribution in [0.2, 0.25) is 0 Å². The highest BCUT2D eigenvalue weighted by atomic mass is 16.5. The van der Waals surface area contributed by atoms with Crippen LogP contribution in [0.15, 0.2) is 53.3 Å². The predicted octanol–water partition coefficient (Wildman–Crippen LogP) is 2.91. The highest BCUT2D eigenvalue weighted by Crippen LogP contribution is 2.31. The SMILES string of the molecule is COc1ccc(-c2cc(=O)c3ccccc3[nH]2)c(O)c1. The van der Waals surface area contributed by atoms with E-state index in [0.29, 0.717) is 22.4 Å². The van der Waals surface area contributed by atoms with Crippen LogP contribution in [0.25, 0.3) is 22.2 Å². The number of hydrogen-bond acceptors (Lipinski definition) is 3. The third-order valence-electron chi connectivity index (χ3n) is 3.23. The Bertz CT molecular complexity index is 836. The molecule has 1 heterocycles. The van der Waals surface area contributed by atoms with Gasteiger partial charge in [0.25, 0.3) is 0 Å². The van der Waals surface area contributed by atoms with Crippen molar-refractivity contribution < 1.29 is 9.84 Å². The number of pyridine rings is 1. The summed E-state index contributed by atoms with van der Waals surface area (Å²) in [5.41, 5.74) is 1.80. The van der Waals surface area contributed by atoms with Crippen molar-refractivity contribution in [1.82, 2.24) is 4.98 Å². The van der Waals surface area contributed by atoms with Gasteiger partial charge in [0.05, 0.1) is 12.8 Å². The molecule has 0 atom stereocenters. The van der Waals surface area contributed by atoms with E-state index in [1.165, 1.54) is 19.2 Å². The first-order valence-corrected chi connectivity index (χ1v) is 6.18. The fourth-order valence-electron chi connectivity index (χ4n) is 2.21. The Morgan fingerprint density at radius 2 is 1.90 bits per heavy atom. The van der Waals surface area contributed by atoms with Gasteiger partial charge in [-0.2, -0.15) is 0 Å². The number of phenolic OH excluding ortho intramolecular Hbond substituents is 1. The van der Waals surface area contributed by atoms with Crippen LogP contribution in [0.3, 0.4) is 0 Å². The number of hydrogen-bond donors (Lipinski definition) is 2. The molecule has 20 heavy (non-hydrogen) atoms. The number of para-hydroxylation sites is 1. The molecule has 100 valence electrons. The summed E-state index contributed by atoms with van der Waals surface area (Å²) in [5.74, 6) is 0.629. The maximum absolute atomic E-state index is 12.1. The second-order valence-corrected chi connectivity index (χ2v) is 4.48. The summed E-state index contributed by atoms with van der Waals surface area (Å²) in [6.45, 7) is 0. The van der Waals surface area contributed by atoms with E-state index >= 15 is 0 Å². The molecule has 0 aliphatic rings. The number of fused-ring (bicyclic) bond motifs is 1. The normalized spacial score (nSPS) is 10.7. The molecule has 0 fully saturated rings. The molecule has 3 aromatic rings. The highest BCUT2D eigenvalue weighted by molar-refractivity contribution is 5.82. The number of methoxy groups -OCH3 is 1. The van der Waals surface area contributed by atoms with Gasteiger partial charge < -0.3 is 14.8 Å². The van der Waals surface area contributed by atoms with Gasteiger partial charge in [-0.1, -0.05) is 12.1 Å². The van der Waals surface area contributed by atoms with Gasteiger partial charge in [-0.15, -0.1) is 0 Å². The molecule has 4 nitrogen and oxygen atoms in total. The Hall–Kier alpha value is -2.75. The molecule has 4 heteroatoms. The summed E-state index contributed by atoms with van der Waals surface area (Å²) in [7, 11) is 1.53. The van der Waals surface area contributed by atoms with Crippen LogP contribution in [0.1, 0.15) is 0 Å². The number of phenols is 1. The zero-order valence-electron chi connectivity index (χ0n) is 10.9. The minimum absolute atomic E-state index is 0.0651. The highest BCUT2D eigenvalue weighted by Gasteiger charge is 2.09. The number of aromatic hydroxyl groups is 1. The van der Waals surface area contributed by atoms with E-state index in [1.54, 1.807) is 18.2 Å². The smallest absolute Gasteiger partial charge is 0.190 e. The minimum atomic E-state index is -0.0791. The van der Waals surface area contributed by atoms with Gasteiger partial charge in [0.2, 0.25) is 0 Å². The van der Waals surface area contributed by atoms with Gasteiger partial charge in [-0.05, 0) is 24.3 Å². The van der Waals surface area contributed by atoms with Crippen molar-refractivity contribution in [3.05, 3.63) is 58.8 Å². The van der Waals surface area contributed by atoms with E-state index in [-0.39, 0.29) is 11.2 Å². The molecule has 1 aromatic heterocycles. The number of nitrogens with one attached hydrogen (secondary N) is 1. The number of ether oxygens (including phenoxy) is 1. The van der Waals surface area contributed by atoms with Gasteiger partial charge in [0.1, 0.15) is 11.5 Å². The fourth-order valence-corrected chi connectivity index (χ4v) is 2.21. The lowest BCUT2D eigenvalue weighted by atomic mass is 10.1. The number of aromatic nitrogens is 1. The van der Waals surface area contributed by atoms with Crippen molar-refractivity contribution in [2.75, 3.05) is 7.11 Å². The monoisotopic (exact) mass is 267 g/mol. The molecule has 0 aliphatic heterocycles. The van der Waals surface area contributed by atoms with E-state index in [9.17, 15) is 9.90 Å². The Morgan fingerprint density at radius 1 is 1.10 bits per heavy atom. The van der Waals surface area contributed by atoms with Gasteiger partial charge in [0.15, 0.2) is 5.43 Å². The predicted molar refractivity (Wildman–Crippen MR) is 78.2 cm³/mol. The molecule has 0 amide bonds. The van der Waals surface area contributed by atoms with Gasteiger partial charge in [-0.25, -0.2) is 0 Å². The summed E-state index contributed by atoms with van der Waals surface area (Å²) in [6.07, 6.45) is 0. The van der Waals surface area contributed by atoms with Crippen molar-refractivity contribution in [3.8, 4) is 22.8 Å². The lowest BCUT2D eigenvalue weighted by Crippen LogP contribution is -2.02. The van der Waals surface area contributed by atoms with E-state index in [1.807, 2.05) is 18.2 Å². The summed E-state index contributed by atoms with van der Waals surface area (Å²) < 4.78 is 5.05. The first-order chi connectivity index (χ1) is 9.69. The number of aromatic amines is 1. The fraction of sp³-hybridized carbons (Fsp3) is 0.0625. The zero-order valence-corrected chi connectivity index (χ0v) is 10.9. The van der Waals surface area contributed by atoms with Gasteiger partial charge in [0, 0.05) is 28.6 Å². The average molecular weight is 267 g/mol. The van der Waals surface area contributed by atoms with E-state index < -0.39 is 0 Å². The summed E-state index contributed by atoms with van der Waals surface area (Å²) >= 11 is 0. The zero-order chi connectivity index (χ0) is 14.1. The largest absolute Gasteiger partial charge is 0.507 e. The minimum Gasteiger partial charge on any atom is -0.507 e. The molecule has 0 unspecified atom stereocenters. The summed E-state index contributed by atoms with van der Waals surface area (Å²) in [4.78, 5) is 15.2. The third kappa shape index (κ3) is 2.01. The van der Waals surface area contributed by atoms with Crippen LogP contribution < -0.4 is 10.2 Å². The topological polar surface area (TPSA) is 62.3 Å². The van der Waals surface area contributed by atoms with Crippen LogP contribution in [-0.2, 0) is 0 Å². The molecule has 0 bridgehead atoms. The van der Waals surface area contributed by atoms with Crippen LogP contribution in [0.4, 0.5) is 0 Å². The van der Waals surface area contributed by atoms with Crippen molar-refractivity contribution in [1.29, 1.82) is 0 Å². The van der Waals surface area contributed by atoms with Gasteiger partial charge in [-0.3, -0.25) is 4.79 Å². The Balaban J connectivity index is 2.22. The number of rotatable bonds is 2. The molecular weight excluding hydrogens is 254 g/mol. The molecule has 2 aromatic carbocycles. The van der Waals surface area contributed by atoms with Crippen LogP contribution >= 0.6 is 0 Å². The lowest BCUT2D eigenvalue weighted by Gasteiger charge is -2.08. The molecule has 0 saturated heterocycles. The van der Waals surface area contributed by atoms with E-state index in [0.717, 1.165) is 5.52 Å². The molecular formula is C16H13NO3.